The fourth-order valence-electron chi connectivity index (χ4n) is 3.97. The zero-order chi connectivity index (χ0) is 28.5. The van der Waals surface area contributed by atoms with E-state index >= 15 is 0 Å². The van der Waals surface area contributed by atoms with Crippen molar-refractivity contribution in [2.24, 2.45) is 0 Å². The van der Waals surface area contributed by atoms with E-state index in [0.29, 0.717) is 33.5 Å². The van der Waals surface area contributed by atoms with Crippen molar-refractivity contribution in [1.29, 1.82) is 0 Å². The van der Waals surface area contributed by atoms with Gasteiger partial charge in [0.1, 0.15) is 11.8 Å². The minimum atomic E-state index is -3.60. The number of halogens is 2. The molecule has 0 fully saturated rings. The second-order valence-electron chi connectivity index (χ2n) is 9.10. The van der Waals surface area contributed by atoms with Gasteiger partial charge in [-0.05, 0) is 62.6 Å². The maximum atomic E-state index is 13.6. The summed E-state index contributed by atoms with van der Waals surface area (Å²) in [5.41, 5.74) is 1.02. The molecule has 0 aromatic heterocycles. The van der Waals surface area contributed by atoms with E-state index in [2.05, 4.69) is 5.32 Å². The summed E-state index contributed by atoms with van der Waals surface area (Å²) >= 11 is 12.8. The van der Waals surface area contributed by atoms with Crippen LogP contribution in [0.5, 0.6) is 5.75 Å². The van der Waals surface area contributed by atoms with Crippen molar-refractivity contribution in [3.05, 3.63) is 58.1 Å². The monoisotopic (exact) mass is 585 g/mol. The van der Waals surface area contributed by atoms with Crippen molar-refractivity contribution < 1.29 is 22.7 Å². The van der Waals surface area contributed by atoms with Gasteiger partial charge >= 0.3 is 0 Å². The van der Waals surface area contributed by atoms with Gasteiger partial charge in [-0.3, -0.25) is 13.9 Å². The maximum absolute atomic E-state index is 13.6. The van der Waals surface area contributed by atoms with E-state index in [1.807, 2.05) is 20.8 Å². The van der Waals surface area contributed by atoms with Crippen molar-refractivity contribution in [2.75, 3.05) is 24.2 Å². The van der Waals surface area contributed by atoms with Gasteiger partial charge in [-0.15, -0.1) is 0 Å². The number of anilines is 1. The summed E-state index contributed by atoms with van der Waals surface area (Å²) in [5, 5.41) is 3.76. The largest absolute Gasteiger partial charge is 0.497 e. The number of amides is 2. The smallest absolute Gasteiger partial charge is 0.243 e. The normalized spacial score (nSPS) is 12.9. The van der Waals surface area contributed by atoms with Gasteiger partial charge in [-0.2, -0.15) is 0 Å². The molecule has 1 N–H and O–H groups in total. The van der Waals surface area contributed by atoms with Crippen LogP contribution in [0.25, 0.3) is 0 Å². The average molecular weight is 587 g/mol. The lowest BCUT2D eigenvalue weighted by molar-refractivity contribution is -0.141. The van der Waals surface area contributed by atoms with Crippen molar-refractivity contribution >= 4 is 50.7 Å². The molecule has 0 saturated carbocycles. The van der Waals surface area contributed by atoms with Crippen LogP contribution in [0, 0.1) is 0 Å². The zero-order valence-electron chi connectivity index (χ0n) is 22.5. The minimum Gasteiger partial charge on any atom is -0.497 e. The van der Waals surface area contributed by atoms with Crippen LogP contribution in [-0.2, 0) is 26.2 Å². The number of nitrogens with one attached hydrogen (secondary N) is 1. The van der Waals surface area contributed by atoms with E-state index in [1.165, 1.54) is 16.3 Å². The van der Waals surface area contributed by atoms with E-state index in [0.717, 1.165) is 12.7 Å². The number of carbonyl (C=O) groups is 2. The van der Waals surface area contributed by atoms with Gasteiger partial charge in [0, 0.05) is 41.2 Å². The first-order valence-electron chi connectivity index (χ1n) is 12.6. The van der Waals surface area contributed by atoms with E-state index in [-0.39, 0.29) is 43.8 Å². The molecule has 0 aliphatic heterocycles. The van der Waals surface area contributed by atoms with Crippen LogP contribution in [-0.4, -0.2) is 57.1 Å². The molecule has 2 atom stereocenters. The quantitative estimate of drug-likeness (QED) is 0.326. The summed E-state index contributed by atoms with van der Waals surface area (Å²) in [6.07, 6.45) is 2.53. The Balaban J connectivity index is 2.27. The number of nitrogens with zero attached hydrogens (tertiary/aromatic N) is 2. The Morgan fingerprint density at radius 3 is 2.13 bits per heavy atom. The topological polar surface area (TPSA) is 96.0 Å². The summed E-state index contributed by atoms with van der Waals surface area (Å²) in [6.45, 7) is 5.85. The SMILES string of the molecule is CCC(C)NC(=O)C(CC)N(Cc1c(Cl)cccc1Cl)C(=O)CCCN(c1ccc(OC)cc1)S(C)(=O)=O. The minimum absolute atomic E-state index is 0.0252. The van der Waals surface area contributed by atoms with E-state index in [9.17, 15) is 18.0 Å². The van der Waals surface area contributed by atoms with Gasteiger partial charge in [0.15, 0.2) is 0 Å². The molecule has 0 aliphatic carbocycles. The fraction of sp³-hybridized carbons (Fsp3) is 0.481. The van der Waals surface area contributed by atoms with Gasteiger partial charge in [0.2, 0.25) is 21.8 Å². The molecule has 2 aromatic rings. The molecule has 8 nitrogen and oxygen atoms in total. The van der Waals surface area contributed by atoms with Gasteiger partial charge in [-0.25, -0.2) is 8.42 Å². The van der Waals surface area contributed by atoms with Crippen LogP contribution >= 0.6 is 23.2 Å². The first-order chi connectivity index (χ1) is 17.9. The number of hydrogen-bond donors (Lipinski definition) is 1. The second kappa shape index (κ2) is 14.6. The summed E-state index contributed by atoms with van der Waals surface area (Å²) in [7, 11) is -2.07. The van der Waals surface area contributed by atoms with Crippen LogP contribution in [0.15, 0.2) is 42.5 Å². The summed E-state index contributed by atoms with van der Waals surface area (Å²) in [6, 6.07) is 11.0. The molecule has 2 aromatic carbocycles. The zero-order valence-corrected chi connectivity index (χ0v) is 24.9. The molecule has 2 rings (SSSR count). The number of hydrogen-bond acceptors (Lipinski definition) is 5. The Bertz CT molecular complexity index is 1170. The van der Waals surface area contributed by atoms with Crippen LogP contribution in [0.1, 0.15) is 52.0 Å². The highest BCUT2D eigenvalue weighted by molar-refractivity contribution is 7.92. The first-order valence-corrected chi connectivity index (χ1v) is 15.2. The van der Waals surface area contributed by atoms with Crippen LogP contribution in [0.4, 0.5) is 5.69 Å². The molecule has 2 unspecified atom stereocenters. The molecule has 0 bridgehead atoms. The van der Waals surface area contributed by atoms with Gasteiger partial charge in [0.25, 0.3) is 0 Å². The summed E-state index contributed by atoms with van der Waals surface area (Å²) in [5.74, 6) is 0.0530. The second-order valence-corrected chi connectivity index (χ2v) is 11.8. The fourth-order valence-corrected chi connectivity index (χ4v) is 5.45. The van der Waals surface area contributed by atoms with E-state index < -0.39 is 16.1 Å². The maximum Gasteiger partial charge on any atom is 0.243 e. The third kappa shape index (κ3) is 8.78. The molecule has 2 amide bonds. The van der Waals surface area contributed by atoms with Crippen molar-refractivity contribution in [3.63, 3.8) is 0 Å². The Morgan fingerprint density at radius 1 is 1.03 bits per heavy atom. The molecule has 0 heterocycles. The van der Waals surface area contributed by atoms with Gasteiger partial charge in [-0.1, -0.05) is 43.1 Å². The Labute approximate surface area is 236 Å². The van der Waals surface area contributed by atoms with Gasteiger partial charge in [0.05, 0.1) is 19.1 Å². The van der Waals surface area contributed by atoms with Crippen LogP contribution < -0.4 is 14.4 Å². The molecule has 38 heavy (non-hydrogen) atoms. The van der Waals surface area contributed by atoms with Crippen molar-refractivity contribution in [3.8, 4) is 5.75 Å². The third-order valence-electron chi connectivity index (χ3n) is 6.29. The van der Waals surface area contributed by atoms with Gasteiger partial charge < -0.3 is 15.0 Å². The molecule has 0 saturated heterocycles. The molecular formula is C27H37Cl2N3O5S. The Morgan fingerprint density at radius 2 is 1.63 bits per heavy atom. The summed E-state index contributed by atoms with van der Waals surface area (Å²) in [4.78, 5) is 28.2. The highest BCUT2D eigenvalue weighted by Gasteiger charge is 2.30. The Hall–Kier alpha value is -2.49. The van der Waals surface area contributed by atoms with Crippen LogP contribution in [0.2, 0.25) is 10.0 Å². The first kappa shape index (κ1) is 31.7. The number of sulfonamides is 1. The lowest BCUT2D eigenvalue weighted by Crippen LogP contribution is -2.50. The predicted molar refractivity (Wildman–Crippen MR) is 153 cm³/mol. The van der Waals surface area contributed by atoms with Crippen molar-refractivity contribution in [2.45, 2.75) is 65.1 Å². The number of methoxy groups -OCH3 is 1. The molecule has 0 aliphatic rings. The highest BCUT2D eigenvalue weighted by atomic mass is 35.5. The molecule has 0 spiro atoms. The Kier molecular flexibility index (Phi) is 12.2. The molecule has 11 heteroatoms. The third-order valence-corrected chi connectivity index (χ3v) is 8.19. The summed E-state index contributed by atoms with van der Waals surface area (Å²) < 4.78 is 31.4. The molecule has 210 valence electrons. The average Bonchev–Trinajstić information content (AvgIpc) is 2.87. The number of ether oxygens (including phenoxy) is 1. The standard InChI is InChI=1S/C27H37Cl2N3O5S/c1-6-19(3)30-27(34)25(7-2)31(18-22-23(28)10-8-11-24(22)29)26(33)12-9-17-32(38(5,35)36)20-13-15-21(37-4)16-14-20/h8,10-11,13-16,19,25H,6-7,9,12,17-18H2,1-5H3,(H,30,34). The lowest BCUT2D eigenvalue weighted by atomic mass is 10.1. The predicted octanol–water partition coefficient (Wildman–Crippen LogP) is 5.27. The number of carbonyl (C=O) groups excluding carboxylic acids is 2. The number of rotatable bonds is 14. The lowest BCUT2D eigenvalue weighted by Gasteiger charge is -2.32. The molecular weight excluding hydrogens is 549 g/mol. The van der Waals surface area contributed by atoms with E-state index in [4.69, 9.17) is 27.9 Å². The van der Waals surface area contributed by atoms with Crippen molar-refractivity contribution in [1.82, 2.24) is 10.2 Å². The van der Waals surface area contributed by atoms with Crippen LogP contribution in [0.3, 0.4) is 0 Å². The van der Waals surface area contributed by atoms with E-state index in [1.54, 1.807) is 42.5 Å². The number of benzene rings is 2. The highest BCUT2D eigenvalue weighted by Crippen LogP contribution is 2.28. The molecule has 0 radical (unpaired) electrons.